The fourth-order valence-electron chi connectivity index (χ4n) is 2.54. The molecule has 0 aliphatic heterocycles. The number of nitrogens with zero attached hydrogens (tertiary/aromatic N) is 1. The summed E-state index contributed by atoms with van der Waals surface area (Å²) < 4.78 is 11.7. The van der Waals surface area contributed by atoms with Crippen molar-refractivity contribution in [3.05, 3.63) is 46.5 Å². The molecule has 0 aliphatic rings. The minimum absolute atomic E-state index is 0.189. The summed E-state index contributed by atoms with van der Waals surface area (Å²) in [7, 11) is 1.71. The predicted molar refractivity (Wildman–Crippen MR) is 86.2 cm³/mol. The third-order valence-corrected chi connectivity index (χ3v) is 3.62. The van der Waals surface area contributed by atoms with Gasteiger partial charge in [0, 0.05) is 24.6 Å². The van der Waals surface area contributed by atoms with Gasteiger partial charge in [-0.3, -0.25) is 4.79 Å². The van der Waals surface area contributed by atoms with Crippen LogP contribution in [0.5, 0.6) is 0 Å². The molecule has 0 aromatic carbocycles. The Kier molecular flexibility index (Phi) is 5.23. The molecule has 7 heteroatoms. The van der Waals surface area contributed by atoms with Crippen LogP contribution in [0.4, 0.5) is 0 Å². The van der Waals surface area contributed by atoms with Gasteiger partial charge in [-0.2, -0.15) is 0 Å². The molecule has 0 radical (unpaired) electrons. The van der Waals surface area contributed by atoms with Crippen molar-refractivity contribution >= 4 is 17.7 Å². The van der Waals surface area contributed by atoms with Crippen molar-refractivity contribution in [1.29, 1.82) is 0 Å². The van der Waals surface area contributed by atoms with E-state index >= 15 is 0 Å². The van der Waals surface area contributed by atoms with Crippen molar-refractivity contribution in [2.45, 2.75) is 20.8 Å². The highest BCUT2D eigenvalue weighted by atomic mass is 16.5. The van der Waals surface area contributed by atoms with Gasteiger partial charge in [0.25, 0.3) is 0 Å². The third-order valence-electron chi connectivity index (χ3n) is 3.62. The lowest BCUT2D eigenvalue weighted by Gasteiger charge is -2.07. The third kappa shape index (κ3) is 3.40. The van der Waals surface area contributed by atoms with E-state index in [0.29, 0.717) is 17.1 Å². The molecule has 0 saturated carbocycles. The molecule has 2 aromatic heterocycles. The number of aryl methyl sites for hydroxylation is 3. The number of aromatic amines is 1. The average Bonchev–Trinajstić information content (AvgIpc) is 3.07. The zero-order valence-electron chi connectivity index (χ0n) is 14.1. The van der Waals surface area contributed by atoms with Gasteiger partial charge >= 0.3 is 11.9 Å². The van der Waals surface area contributed by atoms with Crippen LogP contribution in [0, 0.1) is 13.8 Å². The molecule has 24 heavy (non-hydrogen) atoms. The second-order valence-corrected chi connectivity index (χ2v) is 5.35. The molecule has 0 atom stereocenters. The molecule has 2 aromatic rings. The molecular weight excluding hydrogens is 312 g/mol. The molecule has 0 bridgehead atoms. The van der Waals surface area contributed by atoms with Crippen LogP contribution in [-0.4, -0.2) is 40.5 Å². The van der Waals surface area contributed by atoms with Gasteiger partial charge in [-0.25, -0.2) is 9.59 Å². The van der Waals surface area contributed by atoms with Gasteiger partial charge in [-0.05, 0) is 32.9 Å². The molecule has 2 heterocycles. The van der Waals surface area contributed by atoms with Crippen molar-refractivity contribution in [3.63, 3.8) is 0 Å². The molecular formula is C17H20N2O5. The van der Waals surface area contributed by atoms with Crippen LogP contribution >= 0.6 is 0 Å². The molecule has 0 unspecified atom stereocenters. The average molecular weight is 332 g/mol. The number of carbonyl (C=O) groups excluding carboxylic acids is 3. The number of Topliss-reactive ketones (excluding diaryl/α,β-unsaturated/α-hetero) is 1. The van der Waals surface area contributed by atoms with Gasteiger partial charge in [0.05, 0.1) is 17.7 Å². The number of carbonyl (C=O) groups is 3. The van der Waals surface area contributed by atoms with E-state index < -0.39 is 24.3 Å². The normalized spacial score (nSPS) is 10.5. The van der Waals surface area contributed by atoms with E-state index in [2.05, 4.69) is 4.98 Å². The molecule has 0 saturated heterocycles. The maximum atomic E-state index is 12.5. The highest BCUT2D eigenvalue weighted by molar-refractivity contribution is 6.09. The van der Waals surface area contributed by atoms with E-state index in [9.17, 15) is 14.4 Å². The van der Waals surface area contributed by atoms with E-state index in [0.717, 1.165) is 0 Å². The Morgan fingerprint density at radius 1 is 1.08 bits per heavy atom. The predicted octanol–water partition coefficient (Wildman–Crippen LogP) is 2.19. The van der Waals surface area contributed by atoms with Crippen LogP contribution in [0.3, 0.4) is 0 Å². The number of ketones is 1. The molecule has 0 aliphatic carbocycles. The van der Waals surface area contributed by atoms with Crippen LogP contribution in [0.25, 0.3) is 0 Å². The summed E-state index contributed by atoms with van der Waals surface area (Å²) in [5.74, 6) is -1.63. The number of rotatable bonds is 6. The Bertz CT molecular complexity index is 785. The highest BCUT2D eigenvalue weighted by Crippen LogP contribution is 2.20. The van der Waals surface area contributed by atoms with Gasteiger partial charge in [0.1, 0.15) is 5.69 Å². The van der Waals surface area contributed by atoms with Crippen molar-refractivity contribution in [2.75, 3.05) is 13.2 Å². The molecule has 0 spiro atoms. The summed E-state index contributed by atoms with van der Waals surface area (Å²) in [6, 6.07) is 3.31. The summed E-state index contributed by atoms with van der Waals surface area (Å²) in [6.07, 6.45) is 1.71. The number of aromatic nitrogens is 2. The molecule has 1 N–H and O–H groups in total. The topological polar surface area (TPSA) is 90.4 Å². The van der Waals surface area contributed by atoms with Crippen LogP contribution in [0.15, 0.2) is 18.3 Å². The molecule has 128 valence electrons. The SMILES string of the molecule is CCOC(=O)c1c(C)[nH]c(C)c1C(=O)COC(=O)c1cccn1C. The molecule has 0 amide bonds. The first-order valence-electron chi connectivity index (χ1n) is 7.54. The minimum Gasteiger partial charge on any atom is -0.462 e. The maximum Gasteiger partial charge on any atom is 0.355 e. The fourth-order valence-corrected chi connectivity index (χ4v) is 2.54. The molecule has 2 rings (SSSR count). The van der Waals surface area contributed by atoms with Crippen molar-refractivity contribution in [2.24, 2.45) is 7.05 Å². The quantitative estimate of drug-likeness (QED) is 0.647. The summed E-state index contributed by atoms with van der Waals surface area (Å²) in [6.45, 7) is 4.82. The van der Waals surface area contributed by atoms with Gasteiger partial charge in [-0.15, -0.1) is 0 Å². The van der Waals surface area contributed by atoms with E-state index in [1.165, 1.54) is 0 Å². The Balaban J connectivity index is 2.17. The number of nitrogens with one attached hydrogen (secondary N) is 1. The number of hydrogen-bond donors (Lipinski definition) is 1. The van der Waals surface area contributed by atoms with E-state index in [4.69, 9.17) is 9.47 Å². The lowest BCUT2D eigenvalue weighted by molar-refractivity contribution is 0.0463. The first kappa shape index (κ1) is 17.5. The van der Waals surface area contributed by atoms with Gasteiger partial charge < -0.3 is 19.0 Å². The van der Waals surface area contributed by atoms with Crippen LogP contribution in [0.1, 0.15) is 49.5 Å². The molecule has 7 nitrogen and oxygen atoms in total. The number of hydrogen-bond acceptors (Lipinski definition) is 5. The molecule has 0 fully saturated rings. The zero-order valence-corrected chi connectivity index (χ0v) is 14.1. The number of ether oxygens (including phenoxy) is 2. The minimum atomic E-state index is -0.599. The number of H-pyrrole nitrogens is 1. The number of esters is 2. The smallest absolute Gasteiger partial charge is 0.355 e. The Labute approximate surface area is 139 Å². The maximum absolute atomic E-state index is 12.5. The first-order chi connectivity index (χ1) is 11.4. The summed E-state index contributed by atoms with van der Waals surface area (Å²) in [5, 5.41) is 0. The lowest BCUT2D eigenvalue weighted by atomic mass is 10.1. The van der Waals surface area contributed by atoms with Crippen molar-refractivity contribution in [1.82, 2.24) is 9.55 Å². The highest BCUT2D eigenvalue weighted by Gasteiger charge is 2.26. The lowest BCUT2D eigenvalue weighted by Crippen LogP contribution is -2.19. The Morgan fingerprint density at radius 2 is 1.75 bits per heavy atom. The Hall–Kier alpha value is -2.83. The van der Waals surface area contributed by atoms with Gasteiger partial charge in [-0.1, -0.05) is 0 Å². The van der Waals surface area contributed by atoms with E-state index in [-0.39, 0.29) is 17.7 Å². The van der Waals surface area contributed by atoms with Crippen LogP contribution in [-0.2, 0) is 16.5 Å². The first-order valence-corrected chi connectivity index (χ1v) is 7.54. The summed E-state index contributed by atoms with van der Waals surface area (Å²) in [5.41, 5.74) is 1.81. The standard InChI is InChI=1S/C17H20N2O5/c1-5-23-17(22)15-11(3)18-10(2)14(15)13(20)9-24-16(21)12-7-6-8-19(12)4/h6-8,18H,5,9H2,1-4H3. The van der Waals surface area contributed by atoms with Crippen LogP contribution in [0.2, 0.25) is 0 Å². The van der Waals surface area contributed by atoms with Gasteiger partial charge in [0.2, 0.25) is 5.78 Å². The van der Waals surface area contributed by atoms with E-state index in [1.807, 2.05) is 0 Å². The monoisotopic (exact) mass is 332 g/mol. The van der Waals surface area contributed by atoms with Crippen molar-refractivity contribution in [3.8, 4) is 0 Å². The summed E-state index contributed by atoms with van der Waals surface area (Å²) in [4.78, 5) is 39.5. The van der Waals surface area contributed by atoms with Gasteiger partial charge in [0.15, 0.2) is 6.61 Å². The Morgan fingerprint density at radius 3 is 2.33 bits per heavy atom. The fraction of sp³-hybridized carbons (Fsp3) is 0.353. The second kappa shape index (κ2) is 7.16. The largest absolute Gasteiger partial charge is 0.462 e. The summed E-state index contributed by atoms with van der Waals surface area (Å²) >= 11 is 0. The van der Waals surface area contributed by atoms with E-state index in [1.54, 1.807) is 50.7 Å². The second-order valence-electron chi connectivity index (χ2n) is 5.35. The van der Waals surface area contributed by atoms with Crippen molar-refractivity contribution < 1.29 is 23.9 Å². The van der Waals surface area contributed by atoms with Crippen LogP contribution < -0.4 is 0 Å². The zero-order chi connectivity index (χ0) is 17.9.